The molecule has 0 bridgehead atoms. The zero-order valence-electron chi connectivity index (χ0n) is 13.6. The third-order valence-corrected chi connectivity index (χ3v) is 4.34. The summed E-state index contributed by atoms with van der Waals surface area (Å²) < 4.78 is 0. The predicted octanol–water partition coefficient (Wildman–Crippen LogP) is 3.23. The number of benzene rings is 1. The molecule has 0 fully saturated rings. The number of unbranched alkanes of at least 4 members (excludes halogenated alkanes) is 1. The lowest BCUT2D eigenvalue weighted by molar-refractivity contribution is -0.131. The second kappa shape index (κ2) is 7.97. The Morgan fingerprint density at radius 3 is 2.82 bits per heavy atom. The molecule has 0 aromatic heterocycles. The molecule has 0 saturated carbocycles. The number of carbonyl (C=O) groups excluding carboxylic acids is 2. The van der Waals surface area contributed by atoms with Crippen LogP contribution in [0.1, 0.15) is 45.1 Å². The molecular formula is C18H26N2O2. The molecule has 1 aliphatic rings. The SMILES string of the molecule is CCCCN(CC)C(=O)CCC1Cc2ccccc2NC1=O. The van der Waals surface area contributed by atoms with Gasteiger partial charge in [-0.1, -0.05) is 31.5 Å². The minimum absolute atomic E-state index is 0.0445. The quantitative estimate of drug-likeness (QED) is 0.840. The molecule has 2 rings (SSSR count). The van der Waals surface area contributed by atoms with Crippen LogP contribution in [0.5, 0.6) is 0 Å². The van der Waals surface area contributed by atoms with Crippen LogP contribution >= 0.6 is 0 Å². The highest BCUT2D eigenvalue weighted by atomic mass is 16.2. The van der Waals surface area contributed by atoms with Crippen molar-refractivity contribution in [2.75, 3.05) is 18.4 Å². The Balaban J connectivity index is 1.89. The van der Waals surface area contributed by atoms with Gasteiger partial charge in [-0.25, -0.2) is 0 Å². The van der Waals surface area contributed by atoms with Crippen LogP contribution in [0.4, 0.5) is 5.69 Å². The fourth-order valence-electron chi connectivity index (χ4n) is 2.91. The fraction of sp³-hybridized carbons (Fsp3) is 0.556. The highest BCUT2D eigenvalue weighted by Gasteiger charge is 2.26. The summed E-state index contributed by atoms with van der Waals surface area (Å²) in [5.41, 5.74) is 2.08. The monoisotopic (exact) mass is 302 g/mol. The average molecular weight is 302 g/mol. The Morgan fingerprint density at radius 1 is 1.32 bits per heavy atom. The Labute approximate surface area is 132 Å². The van der Waals surface area contributed by atoms with E-state index in [0.717, 1.165) is 43.6 Å². The zero-order chi connectivity index (χ0) is 15.9. The van der Waals surface area contributed by atoms with Crippen LogP contribution in [0.15, 0.2) is 24.3 Å². The van der Waals surface area contributed by atoms with E-state index < -0.39 is 0 Å². The van der Waals surface area contributed by atoms with Crippen LogP contribution in [0, 0.1) is 5.92 Å². The third-order valence-electron chi connectivity index (χ3n) is 4.34. The standard InChI is InChI=1S/C18H26N2O2/c1-3-5-12-20(4-2)17(21)11-10-15-13-14-8-6-7-9-16(14)19-18(15)22/h6-9,15H,3-5,10-13H2,1-2H3,(H,19,22). The summed E-state index contributed by atoms with van der Waals surface area (Å²) in [5, 5.41) is 2.95. The Bertz CT molecular complexity index is 528. The van der Waals surface area contributed by atoms with Gasteiger partial charge in [-0.2, -0.15) is 0 Å². The van der Waals surface area contributed by atoms with Crippen molar-refractivity contribution in [1.29, 1.82) is 0 Å². The Kier molecular flexibility index (Phi) is 5.99. The van der Waals surface area contributed by atoms with Gasteiger partial charge in [0.2, 0.25) is 11.8 Å². The van der Waals surface area contributed by atoms with E-state index in [1.54, 1.807) is 0 Å². The molecule has 1 N–H and O–H groups in total. The van der Waals surface area contributed by atoms with E-state index in [9.17, 15) is 9.59 Å². The van der Waals surface area contributed by atoms with Gasteiger partial charge in [0.15, 0.2) is 0 Å². The van der Waals surface area contributed by atoms with Crippen molar-refractivity contribution in [2.24, 2.45) is 5.92 Å². The third kappa shape index (κ3) is 4.09. The van der Waals surface area contributed by atoms with Crippen LogP contribution in [0.25, 0.3) is 0 Å². The number of nitrogens with one attached hydrogen (secondary N) is 1. The van der Waals surface area contributed by atoms with Crippen molar-refractivity contribution in [3.8, 4) is 0 Å². The number of carbonyl (C=O) groups is 2. The summed E-state index contributed by atoms with van der Waals surface area (Å²) >= 11 is 0. The van der Waals surface area contributed by atoms with E-state index in [1.165, 1.54) is 0 Å². The highest BCUT2D eigenvalue weighted by molar-refractivity contribution is 5.96. The Hall–Kier alpha value is -1.84. The summed E-state index contributed by atoms with van der Waals surface area (Å²) in [5.74, 6) is 0.120. The summed E-state index contributed by atoms with van der Waals surface area (Å²) in [6.45, 7) is 5.71. The van der Waals surface area contributed by atoms with Gasteiger partial charge in [-0.15, -0.1) is 0 Å². The molecule has 22 heavy (non-hydrogen) atoms. The van der Waals surface area contributed by atoms with Gasteiger partial charge in [0.25, 0.3) is 0 Å². The number of nitrogens with zero attached hydrogens (tertiary/aromatic N) is 1. The van der Waals surface area contributed by atoms with Gasteiger partial charge < -0.3 is 10.2 Å². The average Bonchev–Trinajstić information content (AvgIpc) is 2.53. The van der Waals surface area contributed by atoms with Crippen molar-refractivity contribution < 1.29 is 9.59 Å². The molecule has 1 aromatic carbocycles. The van der Waals surface area contributed by atoms with Crippen LogP contribution < -0.4 is 5.32 Å². The lowest BCUT2D eigenvalue weighted by Gasteiger charge is -2.26. The molecule has 0 aliphatic carbocycles. The predicted molar refractivity (Wildman–Crippen MR) is 88.7 cm³/mol. The maximum absolute atomic E-state index is 12.3. The first-order chi connectivity index (χ1) is 10.7. The first kappa shape index (κ1) is 16.5. The van der Waals surface area contributed by atoms with Crippen LogP contribution in [-0.4, -0.2) is 29.8 Å². The lowest BCUT2D eigenvalue weighted by Crippen LogP contribution is -2.34. The van der Waals surface area contributed by atoms with E-state index in [-0.39, 0.29) is 17.7 Å². The maximum Gasteiger partial charge on any atom is 0.227 e. The largest absolute Gasteiger partial charge is 0.343 e. The van der Waals surface area contributed by atoms with Crippen molar-refractivity contribution in [3.63, 3.8) is 0 Å². The molecule has 0 radical (unpaired) electrons. The number of rotatable bonds is 7. The number of fused-ring (bicyclic) bond motifs is 1. The van der Waals surface area contributed by atoms with Crippen LogP contribution in [-0.2, 0) is 16.0 Å². The lowest BCUT2D eigenvalue weighted by atomic mass is 9.89. The van der Waals surface area contributed by atoms with E-state index in [1.807, 2.05) is 36.1 Å². The molecule has 0 saturated heterocycles. The molecular weight excluding hydrogens is 276 g/mol. The van der Waals surface area contributed by atoms with Gasteiger partial charge >= 0.3 is 0 Å². The van der Waals surface area contributed by atoms with Gasteiger partial charge in [-0.3, -0.25) is 9.59 Å². The van der Waals surface area contributed by atoms with E-state index in [2.05, 4.69) is 12.2 Å². The number of anilines is 1. The molecule has 1 aliphatic heterocycles. The molecule has 1 unspecified atom stereocenters. The molecule has 1 heterocycles. The summed E-state index contributed by atoms with van der Waals surface area (Å²) in [4.78, 5) is 26.3. The molecule has 0 spiro atoms. The van der Waals surface area contributed by atoms with Crippen molar-refractivity contribution >= 4 is 17.5 Å². The summed E-state index contributed by atoms with van der Waals surface area (Å²) in [6, 6.07) is 7.89. The second-order valence-corrected chi connectivity index (χ2v) is 5.91. The molecule has 1 atom stereocenters. The molecule has 2 amide bonds. The second-order valence-electron chi connectivity index (χ2n) is 5.91. The zero-order valence-corrected chi connectivity index (χ0v) is 13.6. The van der Waals surface area contributed by atoms with Crippen molar-refractivity contribution in [1.82, 2.24) is 4.90 Å². The number of para-hydroxylation sites is 1. The molecule has 4 heteroatoms. The minimum Gasteiger partial charge on any atom is -0.343 e. The van der Waals surface area contributed by atoms with Gasteiger partial charge in [0.1, 0.15) is 0 Å². The number of hydrogen-bond acceptors (Lipinski definition) is 2. The van der Waals surface area contributed by atoms with Crippen molar-refractivity contribution in [2.45, 2.75) is 46.0 Å². The van der Waals surface area contributed by atoms with Gasteiger partial charge in [0, 0.05) is 31.1 Å². The molecule has 4 nitrogen and oxygen atoms in total. The van der Waals surface area contributed by atoms with E-state index in [0.29, 0.717) is 12.8 Å². The highest BCUT2D eigenvalue weighted by Crippen LogP contribution is 2.27. The number of hydrogen-bond donors (Lipinski definition) is 1. The first-order valence-electron chi connectivity index (χ1n) is 8.32. The van der Waals surface area contributed by atoms with E-state index in [4.69, 9.17) is 0 Å². The Morgan fingerprint density at radius 2 is 2.09 bits per heavy atom. The minimum atomic E-state index is -0.0938. The molecule has 1 aromatic rings. The van der Waals surface area contributed by atoms with Crippen molar-refractivity contribution in [3.05, 3.63) is 29.8 Å². The number of amides is 2. The normalized spacial score (nSPS) is 16.8. The maximum atomic E-state index is 12.3. The topological polar surface area (TPSA) is 49.4 Å². The summed E-state index contributed by atoms with van der Waals surface area (Å²) in [6.07, 6.45) is 3.94. The fourth-order valence-corrected chi connectivity index (χ4v) is 2.91. The smallest absolute Gasteiger partial charge is 0.227 e. The van der Waals surface area contributed by atoms with Gasteiger partial charge in [0.05, 0.1) is 0 Å². The van der Waals surface area contributed by atoms with E-state index >= 15 is 0 Å². The van der Waals surface area contributed by atoms with Crippen LogP contribution in [0.2, 0.25) is 0 Å². The summed E-state index contributed by atoms with van der Waals surface area (Å²) in [7, 11) is 0. The van der Waals surface area contributed by atoms with Crippen LogP contribution in [0.3, 0.4) is 0 Å². The van der Waals surface area contributed by atoms with Gasteiger partial charge in [-0.05, 0) is 37.8 Å². The molecule has 120 valence electrons. The first-order valence-corrected chi connectivity index (χ1v) is 8.32.